The molecule has 1 aliphatic heterocycles. The molecular formula is C22H20N6. The Hall–Kier alpha value is -3.41. The highest BCUT2D eigenvalue weighted by Gasteiger charge is 2.33. The summed E-state index contributed by atoms with van der Waals surface area (Å²) in [5.41, 5.74) is 4.81. The van der Waals surface area contributed by atoms with Crippen molar-refractivity contribution in [2.45, 2.75) is 19.8 Å². The van der Waals surface area contributed by atoms with Crippen molar-refractivity contribution in [2.24, 2.45) is 0 Å². The Bertz CT molecular complexity index is 1170. The van der Waals surface area contributed by atoms with Gasteiger partial charge in [-0.15, -0.1) is 0 Å². The second-order valence-corrected chi connectivity index (χ2v) is 7.17. The molecular weight excluding hydrogens is 348 g/mol. The van der Waals surface area contributed by atoms with Crippen LogP contribution in [-0.4, -0.2) is 38.0 Å². The molecule has 0 radical (unpaired) electrons. The molecule has 1 saturated heterocycles. The molecule has 0 N–H and O–H groups in total. The summed E-state index contributed by atoms with van der Waals surface area (Å²) in [6.07, 6.45) is 5.35. The molecule has 0 atom stereocenters. The predicted octanol–water partition coefficient (Wildman–Crippen LogP) is 3.70. The van der Waals surface area contributed by atoms with Crippen molar-refractivity contribution in [2.75, 3.05) is 18.0 Å². The van der Waals surface area contributed by atoms with Gasteiger partial charge >= 0.3 is 0 Å². The van der Waals surface area contributed by atoms with Crippen LogP contribution in [0.1, 0.15) is 23.1 Å². The maximum absolute atomic E-state index is 4.80. The van der Waals surface area contributed by atoms with Crippen LogP contribution in [0.15, 0.2) is 55.0 Å². The van der Waals surface area contributed by atoms with E-state index in [4.69, 9.17) is 4.98 Å². The molecule has 1 aliphatic rings. The number of benzene rings is 1. The van der Waals surface area contributed by atoms with E-state index >= 15 is 0 Å². The lowest BCUT2D eigenvalue weighted by atomic mass is 9.92. The first kappa shape index (κ1) is 16.7. The number of anilines is 1. The maximum Gasteiger partial charge on any atom is 0.129 e. The van der Waals surface area contributed by atoms with Crippen LogP contribution in [0.25, 0.3) is 22.2 Å². The lowest BCUT2D eigenvalue weighted by molar-refractivity contribution is 0.509. The minimum absolute atomic E-state index is 0.317. The van der Waals surface area contributed by atoms with Crippen molar-refractivity contribution in [3.63, 3.8) is 0 Å². The highest BCUT2D eigenvalue weighted by molar-refractivity contribution is 5.80. The third-order valence-electron chi connectivity index (χ3n) is 5.26. The Morgan fingerprint density at radius 2 is 1.71 bits per heavy atom. The van der Waals surface area contributed by atoms with Crippen LogP contribution in [0, 0.1) is 13.8 Å². The van der Waals surface area contributed by atoms with E-state index in [-0.39, 0.29) is 0 Å². The quantitative estimate of drug-likeness (QED) is 0.549. The van der Waals surface area contributed by atoms with Gasteiger partial charge in [-0.25, -0.2) is 15.0 Å². The molecule has 0 bridgehead atoms. The number of aryl methyl sites for hydroxylation is 2. The molecule has 4 heterocycles. The van der Waals surface area contributed by atoms with Crippen molar-refractivity contribution in [1.29, 1.82) is 0 Å². The zero-order valence-corrected chi connectivity index (χ0v) is 15.9. The van der Waals surface area contributed by atoms with Gasteiger partial charge in [-0.05, 0) is 32.0 Å². The number of para-hydroxylation sites is 1. The van der Waals surface area contributed by atoms with Gasteiger partial charge in [0, 0.05) is 48.5 Å². The van der Waals surface area contributed by atoms with E-state index in [1.54, 1.807) is 12.4 Å². The monoisotopic (exact) mass is 368 g/mol. The van der Waals surface area contributed by atoms with E-state index in [9.17, 15) is 0 Å². The third-order valence-corrected chi connectivity index (χ3v) is 5.26. The van der Waals surface area contributed by atoms with Gasteiger partial charge in [0.25, 0.3) is 0 Å². The van der Waals surface area contributed by atoms with Gasteiger partial charge in [-0.1, -0.05) is 18.2 Å². The van der Waals surface area contributed by atoms with Crippen molar-refractivity contribution < 1.29 is 0 Å². The first-order chi connectivity index (χ1) is 13.7. The lowest BCUT2D eigenvalue weighted by Crippen LogP contribution is -2.46. The Kier molecular flexibility index (Phi) is 3.97. The molecule has 28 heavy (non-hydrogen) atoms. The van der Waals surface area contributed by atoms with Crippen molar-refractivity contribution >= 4 is 16.7 Å². The molecule has 0 aliphatic carbocycles. The second-order valence-electron chi connectivity index (χ2n) is 7.17. The van der Waals surface area contributed by atoms with Gasteiger partial charge in [0.2, 0.25) is 0 Å². The normalized spacial score (nSPS) is 14.3. The van der Waals surface area contributed by atoms with Gasteiger partial charge in [0.05, 0.1) is 22.6 Å². The number of fused-ring (bicyclic) bond motifs is 1. The molecule has 3 aromatic heterocycles. The smallest absolute Gasteiger partial charge is 0.129 e. The molecule has 0 unspecified atom stereocenters. The fourth-order valence-electron chi connectivity index (χ4n) is 3.74. The zero-order valence-electron chi connectivity index (χ0n) is 15.9. The molecule has 1 aromatic carbocycles. The van der Waals surface area contributed by atoms with Crippen LogP contribution in [0.5, 0.6) is 0 Å². The largest absolute Gasteiger partial charge is 0.355 e. The molecule has 5 rings (SSSR count). The molecule has 0 saturated carbocycles. The molecule has 6 heteroatoms. The summed E-state index contributed by atoms with van der Waals surface area (Å²) in [6, 6.07) is 12.4. The first-order valence-corrected chi connectivity index (χ1v) is 9.41. The molecule has 1 fully saturated rings. The SMILES string of the molecule is Cc1ncc(-c2nccnc2C2CN(c3ccc4ccccc4n3)C2)c(C)n1. The van der Waals surface area contributed by atoms with Gasteiger partial charge in [0.1, 0.15) is 11.6 Å². The number of pyridine rings is 1. The molecule has 0 amide bonds. The zero-order chi connectivity index (χ0) is 19.1. The average molecular weight is 368 g/mol. The van der Waals surface area contributed by atoms with Crippen LogP contribution in [0.4, 0.5) is 5.82 Å². The lowest BCUT2D eigenvalue weighted by Gasteiger charge is -2.40. The summed E-state index contributed by atoms with van der Waals surface area (Å²) in [6.45, 7) is 5.65. The van der Waals surface area contributed by atoms with E-state index in [0.29, 0.717) is 5.92 Å². The van der Waals surface area contributed by atoms with Crippen LogP contribution >= 0.6 is 0 Å². The van der Waals surface area contributed by atoms with Crippen molar-refractivity contribution in [3.8, 4) is 11.3 Å². The standard InChI is InChI=1S/C22H20N6/c1-14-18(11-25-15(2)26-14)22-21(23-9-10-24-22)17-12-28(13-17)20-8-7-16-5-3-4-6-19(16)27-20/h3-11,17H,12-13H2,1-2H3. The van der Waals surface area contributed by atoms with Gasteiger partial charge < -0.3 is 4.90 Å². The molecule has 138 valence electrons. The minimum atomic E-state index is 0.317. The number of hydrogen-bond donors (Lipinski definition) is 0. The van der Waals surface area contributed by atoms with Crippen molar-refractivity contribution in [1.82, 2.24) is 24.9 Å². The number of nitrogens with zero attached hydrogens (tertiary/aromatic N) is 6. The topological polar surface area (TPSA) is 67.7 Å². The number of hydrogen-bond acceptors (Lipinski definition) is 6. The van der Waals surface area contributed by atoms with E-state index < -0.39 is 0 Å². The minimum Gasteiger partial charge on any atom is -0.355 e. The Morgan fingerprint density at radius 3 is 2.57 bits per heavy atom. The summed E-state index contributed by atoms with van der Waals surface area (Å²) in [5, 5.41) is 1.16. The summed E-state index contributed by atoms with van der Waals surface area (Å²) < 4.78 is 0. The van der Waals surface area contributed by atoms with E-state index in [0.717, 1.165) is 58.3 Å². The van der Waals surface area contributed by atoms with Gasteiger partial charge in [-0.3, -0.25) is 9.97 Å². The summed E-state index contributed by atoms with van der Waals surface area (Å²) in [4.78, 5) is 25.2. The first-order valence-electron chi connectivity index (χ1n) is 9.41. The fourth-order valence-corrected chi connectivity index (χ4v) is 3.74. The van der Waals surface area contributed by atoms with Crippen LogP contribution < -0.4 is 4.90 Å². The van der Waals surface area contributed by atoms with Gasteiger partial charge in [-0.2, -0.15) is 0 Å². The van der Waals surface area contributed by atoms with E-state index in [1.165, 1.54) is 0 Å². The van der Waals surface area contributed by atoms with Crippen LogP contribution in [0.2, 0.25) is 0 Å². The van der Waals surface area contributed by atoms with Gasteiger partial charge in [0.15, 0.2) is 0 Å². The number of rotatable bonds is 3. The Labute approximate surface area is 163 Å². The maximum atomic E-state index is 4.80. The summed E-state index contributed by atoms with van der Waals surface area (Å²) >= 11 is 0. The molecule has 4 aromatic rings. The summed E-state index contributed by atoms with van der Waals surface area (Å²) in [5.74, 6) is 2.09. The highest BCUT2D eigenvalue weighted by atomic mass is 15.2. The third kappa shape index (κ3) is 2.87. The Balaban J connectivity index is 1.42. The fraction of sp³-hybridized carbons (Fsp3) is 0.227. The van der Waals surface area contributed by atoms with Crippen molar-refractivity contribution in [3.05, 3.63) is 72.2 Å². The summed E-state index contributed by atoms with van der Waals surface area (Å²) in [7, 11) is 0. The molecule has 6 nitrogen and oxygen atoms in total. The average Bonchev–Trinajstić information content (AvgIpc) is 2.67. The van der Waals surface area contributed by atoms with Crippen LogP contribution in [0.3, 0.4) is 0 Å². The molecule has 0 spiro atoms. The van der Waals surface area contributed by atoms with E-state index in [2.05, 4.69) is 49.1 Å². The highest BCUT2D eigenvalue weighted by Crippen LogP contribution is 2.35. The Morgan fingerprint density at radius 1 is 0.893 bits per heavy atom. The second kappa shape index (κ2) is 6.64. The van der Waals surface area contributed by atoms with Crippen LogP contribution in [-0.2, 0) is 0 Å². The predicted molar refractivity (Wildman–Crippen MR) is 109 cm³/mol. The number of aromatic nitrogens is 5. The van der Waals surface area contributed by atoms with E-state index in [1.807, 2.05) is 32.2 Å².